The summed E-state index contributed by atoms with van der Waals surface area (Å²) in [7, 11) is 6.71. The highest BCUT2D eigenvalue weighted by Crippen LogP contribution is 2.67. The van der Waals surface area contributed by atoms with E-state index in [0.717, 1.165) is 11.1 Å². The van der Waals surface area contributed by atoms with E-state index in [1.807, 2.05) is 18.2 Å². The Labute approximate surface area is 870 Å². The van der Waals surface area contributed by atoms with Gasteiger partial charge in [0.05, 0.1) is 61.3 Å². The molecular formula is C141H112N4O4. The summed E-state index contributed by atoms with van der Waals surface area (Å²) in [4.78, 5) is 9.35. The van der Waals surface area contributed by atoms with Crippen molar-refractivity contribution in [2.24, 2.45) is 0 Å². The first kappa shape index (κ1) is 92.2. The number of aromatic nitrogens is 3. The number of ether oxygens (including phenoxy) is 4. The molecule has 0 saturated heterocycles. The highest BCUT2D eigenvalue weighted by molar-refractivity contribution is 6.22. The highest BCUT2D eigenvalue weighted by Gasteiger charge is 2.54. The number of benzene rings is 21. The summed E-state index contributed by atoms with van der Waals surface area (Å²) >= 11 is 0. The lowest BCUT2D eigenvalue weighted by Crippen LogP contribution is -2.28. The molecule has 21 aromatic carbocycles. The van der Waals surface area contributed by atoms with E-state index < -0.39 is 5.41 Å². The molecule has 720 valence electrons. The van der Waals surface area contributed by atoms with Gasteiger partial charge in [-0.2, -0.15) is 0 Å². The third-order valence-corrected chi connectivity index (χ3v) is 32.3. The molecule has 0 atom stereocenters. The quantitative estimate of drug-likeness (QED) is 0.143. The Hall–Kier alpha value is -18.0. The molecule has 0 radical (unpaired) electrons. The van der Waals surface area contributed by atoms with Gasteiger partial charge in [-0.05, 0) is 254 Å². The van der Waals surface area contributed by atoms with E-state index >= 15 is 0 Å². The fourth-order valence-corrected chi connectivity index (χ4v) is 25.8. The second-order valence-corrected chi connectivity index (χ2v) is 41.0. The van der Waals surface area contributed by atoms with E-state index in [4.69, 9.17) is 18.9 Å². The van der Waals surface area contributed by atoms with E-state index in [-0.39, 0.29) is 21.7 Å². The lowest BCUT2D eigenvalue weighted by atomic mass is 9.67. The zero-order valence-electron chi connectivity index (χ0n) is 85.2. The van der Waals surface area contributed by atoms with Gasteiger partial charge >= 0.3 is 0 Å². The van der Waals surface area contributed by atoms with Crippen LogP contribution in [0.2, 0.25) is 0 Å². The number of methoxy groups -OCH3 is 4. The zero-order chi connectivity index (χ0) is 101. The topological polar surface area (TPSA) is 76.7 Å². The monoisotopic (exact) mass is 1920 g/mol. The minimum Gasteiger partial charge on any atom is -0.493 e. The maximum Gasteiger partial charge on any atom is 0.161 e. The summed E-state index contributed by atoms with van der Waals surface area (Å²) in [5.41, 5.74) is 46.2. The predicted octanol–water partition coefficient (Wildman–Crippen LogP) is 35.6. The first-order chi connectivity index (χ1) is 73.1. The van der Waals surface area contributed by atoms with Crippen molar-refractivity contribution < 1.29 is 18.9 Å². The van der Waals surface area contributed by atoms with Gasteiger partial charge in [0, 0.05) is 82.3 Å². The van der Waals surface area contributed by atoms with Crippen molar-refractivity contribution in [3.63, 3.8) is 0 Å². The highest BCUT2D eigenvalue weighted by atomic mass is 16.5. The SMILES string of the molecule is CC1(C)c2ccccc2-c2cc3c(cc21)-c1ccccc1C3(c1ccccc1)c1ccccc1.CC1(C)c2ccccc2-c2ccc3c(c21)C(C)(C)c1ccccc1-3.COc1cc2c(cc1OC)C1(c3ccccc3-c3ccccc31)c1cc(OC)c(OC)cc1-2.c1ccc(-n2c3ccccc3c3ccccc32)cc1.c1ccc(N(c2ccccc2)c2ccccc2)cc1.c1ccc2c(c1)[nH]c1c2ccc2c3ccccc3[nH]c21. The van der Waals surface area contributed by atoms with Crippen LogP contribution in [0, 0.1) is 0 Å². The van der Waals surface area contributed by atoms with Crippen molar-refractivity contribution in [2.45, 2.75) is 68.6 Å². The average Bonchev–Trinajstić information content (AvgIpc) is 1.51. The molecule has 1 spiro atoms. The van der Waals surface area contributed by atoms with Gasteiger partial charge in [0.1, 0.15) is 0 Å². The molecule has 6 aliphatic carbocycles. The third-order valence-electron chi connectivity index (χ3n) is 32.3. The van der Waals surface area contributed by atoms with Crippen molar-refractivity contribution in [2.75, 3.05) is 33.3 Å². The Balaban J connectivity index is 0.0000000942. The lowest BCUT2D eigenvalue weighted by Gasteiger charge is -2.34. The van der Waals surface area contributed by atoms with E-state index in [9.17, 15) is 0 Å². The van der Waals surface area contributed by atoms with Crippen LogP contribution in [0.25, 0.3) is 138 Å². The number of nitrogens with zero attached hydrogens (tertiary/aromatic N) is 2. The van der Waals surface area contributed by atoms with Crippen LogP contribution < -0.4 is 23.8 Å². The van der Waals surface area contributed by atoms with Crippen molar-refractivity contribution >= 4 is 82.5 Å². The lowest BCUT2D eigenvalue weighted by molar-refractivity contribution is 0.354. The fraction of sp³-hybridized carbons (Fsp3) is 0.106. The predicted molar refractivity (Wildman–Crippen MR) is 619 cm³/mol. The number of H-pyrrole nitrogens is 2. The van der Waals surface area contributed by atoms with Gasteiger partial charge in [0.25, 0.3) is 0 Å². The van der Waals surface area contributed by atoms with E-state index in [1.165, 1.54) is 222 Å². The Morgan fingerprint density at radius 2 is 0.477 bits per heavy atom. The Bertz CT molecular complexity index is 8830. The molecule has 3 heterocycles. The van der Waals surface area contributed by atoms with Crippen LogP contribution in [0.3, 0.4) is 0 Å². The molecule has 0 fully saturated rings. The summed E-state index contributed by atoms with van der Waals surface area (Å²) in [5, 5.41) is 7.73. The summed E-state index contributed by atoms with van der Waals surface area (Å²) in [6.45, 7) is 14.3. The first-order valence-electron chi connectivity index (χ1n) is 51.6. The van der Waals surface area contributed by atoms with Crippen LogP contribution in [0.5, 0.6) is 23.0 Å². The summed E-state index contributed by atoms with van der Waals surface area (Å²) in [6, 6.07) is 174. The van der Waals surface area contributed by atoms with Crippen LogP contribution in [0.4, 0.5) is 17.1 Å². The summed E-state index contributed by atoms with van der Waals surface area (Å²) in [6.07, 6.45) is 0. The van der Waals surface area contributed by atoms with Gasteiger partial charge < -0.3 is 38.4 Å². The minimum absolute atomic E-state index is 0.0132. The molecule has 0 unspecified atom stereocenters. The molecule has 0 amide bonds. The number of hydrogen-bond acceptors (Lipinski definition) is 5. The van der Waals surface area contributed by atoms with Crippen molar-refractivity contribution in [3.8, 4) is 95.4 Å². The zero-order valence-corrected chi connectivity index (χ0v) is 85.2. The van der Waals surface area contributed by atoms with E-state index in [1.54, 1.807) is 28.4 Å². The first-order valence-corrected chi connectivity index (χ1v) is 51.6. The number of hydrogen-bond donors (Lipinski definition) is 2. The Morgan fingerprint density at radius 3 is 0.872 bits per heavy atom. The van der Waals surface area contributed by atoms with E-state index in [0.29, 0.717) is 23.0 Å². The number of anilines is 3. The third kappa shape index (κ3) is 14.6. The van der Waals surface area contributed by atoms with Crippen LogP contribution in [0.15, 0.2) is 485 Å². The molecule has 0 bridgehead atoms. The number of fused-ring (bicyclic) bond motifs is 33. The molecule has 6 aliphatic rings. The standard InChI is InChI=1S/C34H26.C29H24O4.C24H22.C18H12N2.C18H13N.C18H15N/c1-33(2)29-19-11-9-17-25(29)27-22-32-28(21-31(27)33)26-18-10-12-20-30(26)34(32,23-13-5-3-6-14-23)24-15-7-4-8-16-24;1-30-25-13-19-20-14-26(31-2)28(33-4)16-24(20)29(23(19)15-27(25)32-3)21-11-7-5-9-17(21)18-10-6-8-12-22(18)29;1-23(2)19-11-7-5-9-15(19)17-13-14-18-16-10-6-8-12-20(16)24(3,4)22(18)21(17)23;1-3-7-15-11(5-1)13-9-10-14-12-6-2-4-8-16(12)20-18(14)17(13)19-15;1-2-8-14(9-3-1)19-17-12-6-4-10-15(17)16-11-5-7-13-18(16)19;1-4-10-16(11-5-1)19(17-12-6-2-7-13-17)18-14-8-3-9-15-18/h3-22H,1-2H3;5-16H,1-4H3;5-14H,1-4H3;1-10,19-20H;1-13H;1-15H. The Morgan fingerprint density at radius 1 is 0.201 bits per heavy atom. The van der Waals surface area contributed by atoms with Gasteiger partial charge in [-0.25, -0.2) is 0 Å². The second kappa shape index (κ2) is 37.0. The molecule has 0 saturated carbocycles. The van der Waals surface area contributed by atoms with Crippen LogP contribution in [0.1, 0.15) is 119 Å². The molecule has 149 heavy (non-hydrogen) atoms. The van der Waals surface area contributed by atoms with Crippen LogP contribution in [-0.2, 0) is 27.1 Å². The fourth-order valence-electron chi connectivity index (χ4n) is 25.8. The molecule has 8 heteroatoms. The maximum absolute atomic E-state index is 5.75. The van der Waals surface area contributed by atoms with Gasteiger partial charge in [0.2, 0.25) is 0 Å². The smallest absolute Gasteiger partial charge is 0.161 e. The molecule has 2 N–H and O–H groups in total. The molecule has 0 aliphatic heterocycles. The van der Waals surface area contributed by atoms with Gasteiger partial charge in [-0.15, -0.1) is 0 Å². The molecule has 30 rings (SSSR count). The average molecular weight is 1930 g/mol. The van der Waals surface area contributed by atoms with Gasteiger partial charge in [-0.1, -0.05) is 418 Å². The minimum atomic E-state index is -0.489. The molecular weight excluding hydrogens is 1810 g/mol. The molecule has 3 aromatic heterocycles. The summed E-state index contributed by atoms with van der Waals surface area (Å²) < 4.78 is 25.2. The van der Waals surface area contributed by atoms with Crippen LogP contribution >= 0.6 is 0 Å². The summed E-state index contributed by atoms with van der Waals surface area (Å²) in [5.74, 6) is 2.83. The second-order valence-electron chi connectivity index (χ2n) is 41.0. The number of nitrogens with one attached hydrogen (secondary N) is 2. The van der Waals surface area contributed by atoms with Crippen molar-refractivity contribution in [3.05, 3.63) is 563 Å². The van der Waals surface area contributed by atoms with E-state index in [2.05, 4.69) is 528 Å². The Kier molecular flexibility index (Phi) is 22.9. The number of rotatable bonds is 10. The van der Waals surface area contributed by atoms with Crippen molar-refractivity contribution in [1.82, 2.24) is 14.5 Å². The normalized spacial score (nSPS) is 13.8. The number of aromatic amines is 2. The van der Waals surface area contributed by atoms with Crippen molar-refractivity contribution in [1.29, 1.82) is 0 Å². The molecule has 8 nitrogen and oxygen atoms in total. The number of para-hydroxylation sites is 8. The van der Waals surface area contributed by atoms with Crippen LogP contribution in [-0.4, -0.2) is 43.0 Å². The largest absolute Gasteiger partial charge is 0.493 e. The molecule has 24 aromatic rings. The van der Waals surface area contributed by atoms with Gasteiger partial charge in [-0.3, -0.25) is 0 Å². The maximum atomic E-state index is 5.75. The van der Waals surface area contributed by atoms with Gasteiger partial charge in [0.15, 0.2) is 23.0 Å².